The van der Waals surface area contributed by atoms with Crippen molar-refractivity contribution in [2.24, 2.45) is 16.8 Å². The third-order valence-electron chi connectivity index (χ3n) is 7.88. The molecule has 1 spiro atoms. The van der Waals surface area contributed by atoms with E-state index < -0.39 is 5.54 Å². The second-order valence-corrected chi connectivity index (χ2v) is 10.7. The summed E-state index contributed by atoms with van der Waals surface area (Å²) in [4.78, 5) is 38.9. The fourth-order valence-corrected chi connectivity index (χ4v) is 5.42. The molecule has 3 heterocycles. The van der Waals surface area contributed by atoms with Gasteiger partial charge in [-0.05, 0) is 61.9 Å². The molecule has 35 heavy (non-hydrogen) atoms. The number of benzene rings is 2. The predicted octanol–water partition coefficient (Wildman–Crippen LogP) is 4.20. The molecular weight excluding hydrogens is 436 g/mol. The Morgan fingerprint density at radius 2 is 1.69 bits per heavy atom. The van der Waals surface area contributed by atoms with E-state index >= 15 is 0 Å². The summed E-state index contributed by atoms with van der Waals surface area (Å²) in [6, 6.07) is 18.9. The number of carbonyl (C=O) groups excluding carboxylic acids is 2. The van der Waals surface area contributed by atoms with Crippen LogP contribution in [0, 0.1) is 18.8 Å². The highest BCUT2D eigenvalue weighted by atomic mass is 16.2. The highest BCUT2D eigenvalue weighted by Crippen LogP contribution is 2.46. The summed E-state index contributed by atoms with van der Waals surface area (Å²) in [5.41, 5.74) is 4.75. The van der Waals surface area contributed by atoms with Crippen LogP contribution in [0.4, 0.5) is 0 Å². The fourth-order valence-electron chi connectivity index (χ4n) is 5.42. The Hall–Kier alpha value is -3.54. The molecule has 4 aliphatic rings. The Balaban J connectivity index is 1.11. The first-order valence-electron chi connectivity index (χ1n) is 12.7. The maximum Gasteiger partial charge on any atom is 0.256 e. The molecule has 2 aliphatic carbocycles. The molecule has 3 fully saturated rings. The lowest BCUT2D eigenvalue weighted by Crippen LogP contribution is -2.55. The molecule has 0 N–H and O–H groups in total. The van der Waals surface area contributed by atoms with Gasteiger partial charge in [-0.1, -0.05) is 36.4 Å². The number of likely N-dealkylation sites (tertiary alicyclic amines) is 1. The van der Waals surface area contributed by atoms with Gasteiger partial charge < -0.3 is 4.90 Å². The monoisotopic (exact) mass is 464 g/mol. The van der Waals surface area contributed by atoms with Crippen LogP contribution in [0.2, 0.25) is 0 Å². The van der Waals surface area contributed by atoms with Crippen LogP contribution in [0.25, 0.3) is 22.0 Å². The van der Waals surface area contributed by atoms with Gasteiger partial charge in [-0.15, -0.1) is 0 Å². The number of amides is 2. The normalized spacial score (nSPS) is 20.9. The Bertz CT molecular complexity index is 1400. The molecule has 3 aromatic rings. The van der Waals surface area contributed by atoms with Gasteiger partial charge >= 0.3 is 0 Å². The van der Waals surface area contributed by atoms with Gasteiger partial charge in [0.2, 0.25) is 5.91 Å². The third kappa shape index (κ3) is 3.54. The third-order valence-corrected chi connectivity index (χ3v) is 7.88. The van der Waals surface area contributed by atoms with Gasteiger partial charge in [-0.2, -0.15) is 0 Å². The van der Waals surface area contributed by atoms with Crippen LogP contribution in [0.1, 0.15) is 36.9 Å². The van der Waals surface area contributed by atoms with Crippen LogP contribution in [0.3, 0.4) is 0 Å². The number of amidine groups is 1. The number of fused-ring (bicyclic) bond motifs is 1. The number of carbonyl (C=O) groups is 2. The Kier molecular flexibility index (Phi) is 4.44. The lowest BCUT2D eigenvalue weighted by molar-refractivity contribution is -0.139. The lowest BCUT2D eigenvalue weighted by Gasteiger charge is -2.41. The van der Waals surface area contributed by atoms with E-state index in [1.807, 2.05) is 22.8 Å². The van der Waals surface area contributed by atoms with Crippen molar-refractivity contribution in [3.63, 3.8) is 0 Å². The molecule has 176 valence electrons. The molecule has 0 radical (unpaired) electrons. The minimum atomic E-state index is -0.523. The van der Waals surface area contributed by atoms with E-state index in [0.717, 1.165) is 77.9 Å². The first-order chi connectivity index (χ1) is 17.0. The topological polar surface area (TPSA) is 65.9 Å². The summed E-state index contributed by atoms with van der Waals surface area (Å²) in [6.07, 6.45) is 3.75. The largest absolute Gasteiger partial charge is 0.342 e. The molecule has 6 nitrogen and oxygen atoms in total. The number of rotatable bonds is 5. The van der Waals surface area contributed by atoms with E-state index in [1.165, 1.54) is 0 Å². The molecule has 1 aromatic heterocycles. The van der Waals surface area contributed by atoms with Crippen molar-refractivity contribution in [1.82, 2.24) is 14.8 Å². The summed E-state index contributed by atoms with van der Waals surface area (Å²) >= 11 is 0. The van der Waals surface area contributed by atoms with E-state index in [1.54, 1.807) is 0 Å². The highest BCUT2D eigenvalue weighted by Gasteiger charge is 2.57. The number of pyridine rings is 1. The summed E-state index contributed by atoms with van der Waals surface area (Å²) in [6.45, 7) is 4.17. The number of aliphatic imine (C=N–C) groups is 1. The SMILES string of the molecule is Cc1ccc2cc(-c3ccc(C4=NC5(CC5)C(=O)N4CC4CN(C(=O)C5CC5)C4)cc3)ccc2n1. The molecule has 2 aromatic carbocycles. The highest BCUT2D eigenvalue weighted by molar-refractivity contribution is 6.16. The van der Waals surface area contributed by atoms with Crippen molar-refractivity contribution in [1.29, 1.82) is 0 Å². The Labute approximate surface area is 204 Å². The number of hydrogen-bond acceptors (Lipinski definition) is 4. The van der Waals surface area contributed by atoms with Crippen LogP contribution < -0.4 is 0 Å². The van der Waals surface area contributed by atoms with Crippen molar-refractivity contribution in [3.05, 3.63) is 65.9 Å². The minimum Gasteiger partial charge on any atom is -0.342 e. The van der Waals surface area contributed by atoms with E-state index in [-0.39, 0.29) is 11.8 Å². The second-order valence-electron chi connectivity index (χ2n) is 10.7. The molecule has 6 heteroatoms. The van der Waals surface area contributed by atoms with Crippen LogP contribution in [0.5, 0.6) is 0 Å². The second kappa shape index (κ2) is 7.48. The smallest absolute Gasteiger partial charge is 0.256 e. The van der Waals surface area contributed by atoms with Gasteiger partial charge in [0.25, 0.3) is 5.91 Å². The van der Waals surface area contributed by atoms with Gasteiger partial charge in [-0.3, -0.25) is 24.5 Å². The molecular formula is C29H28N4O2. The minimum absolute atomic E-state index is 0.140. The van der Waals surface area contributed by atoms with Crippen molar-refractivity contribution >= 4 is 28.6 Å². The Morgan fingerprint density at radius 1 is 0.971 bits per heavy atom. The quantitative estimate of drug-likeness (QED) is 0.568. The van der Waals surface area contributed by atoms with Crippen molar-refractivity contribution in [2.75, 3.05) is 19.6 Å². The molecule has 2 saturated carbocycles. The van der Waals surface area contributed by atoms with E-state index in [4.69, 9.17) is 4.99 Å². The van der Waals surface area contributed by atoms with E-state index in [0.29, 0.717) is 18.4 Å². The van der Waals surface area contributed by atoms with Crippen molar-refractivity contribution < 1.29 is 9.59 Å². The maximum atomic E-state index is 13.2. The van der Waals surface area contributed by atoms with Gasteiger partial charge in [0.15, 0.2) is 0 Å². The Morgan fingerprint density at radius 3 is 2.40 bits per heavy atom. The number of hydrogen-bond donors (Lipinski definition) is 0. The van der Waals surface area contributed by atoms with Gasteiger partial charge in [0, 0.05) is 48.1 Å². The fraction of sp³-hybridized carbons (Fsp3) is 0.379. The number of aryl methyl sites for hydroxylation is 1. The number of nitrogens with zero attached hydrogens (tertiary/aromatic N) is 4. The summed E-state index contributed by atoms with van der Waals surface area (Å²) in [5, 5.41) is 1.12. The van der Waals surface area contributed by atoms with Gasteiger partial charge in [0.1, 0.15) is 11.4 Å². The van der Waals surface area contributed by atoms with Crippen molar-refractivity contribution in [3.8, 4) is 11.1 Å². The first kappa shape index (κ1) is 20.8. The lowest BCUT2D eigenvalue weighted by atomic mass is 9.97. The average Bonchev–Trinajstić information content (AvgIpc) is 3.76. The summed E-state index contributed by atoms with van der Waals surface area (Å²) < 4.78 is 0. The molecule has 0 bridgehead atoms. The predicted molar refractivity (Wildman–Crippen MR) is 135 cm³/mol. The molecule has 1 saturated heterocycles. The van der Waals surface area contributed by atoms with Crippen LogP contribution in [-0.2, 0) is 9.59 Å². The van der Waals surface area contributed by atoms with Crippen molar-refractivity contribution in [2.45, 2.75) is 38.1 Å². The molecule has 2 aliphatic heterocycles. The van der Waals surface area contributed by atoms with Gasteiger partial charge in [-0.25, -0.2) is 0 Å². The summed E-state index contributed by atoms with van der Waals surface area (Å²) in [7, 11) is 0. The van der Waals surface area contributed by atoms with Crippen LogP contribution in [0.15, 0.2) is 59.6 Å². The zero-order valence-corrected chi connectivity index (χ0v) is 19.9. The average molecular weight is 465 g/mol. The zero-order valence-electron chi connectivity index (χ0n) is 19.9. The van der Waals surface area contributed by atoms with Crippen LogP contribution >= 0.6 is 0 Å². The van der Waals surface area contributed by atoms with Crippen LogP contribution in [-0.4, -0.2) is 57.6 Å². The van der Waals surface area contributed by atoms with Gasteiger partial charge in [0.05, 0.1) is 5.52 Å². The number of aromatic nitrogens is 1. The standard InChI is InChI=1S/C29H28N4O2/c1-18-2-3-24-14-23(10-11-25(24)30-18)20-4-6-21(7-5-20)26-31-29(12-13-29)28(35)33(26)17-19-15-32(16-19)27(34)22-8-9-22/h2-7,10-11,14,19,22H,8-9,12-13,15-17H2,1H3. The molecule has 2 amide bonds. The van der Waals surface area contributed by atoms with E-state index in [9.17, 15) is 9.59 Å². The molecule has 7 rings (SSSR count). The summed E-state index contributed by atoms with van der Waals surface area (Å²) in [5.74, 6) is 1.83. The van der Waals surface area contributed by atoms with E-state index in [2.05, 4.69) is 53.5 Å². The maximum absolute atomic E-state index is 13.2. The molecule has 0 atom stereocenters. The first-order valence-corrected chi connectivity index (χ1v) is 12.7. The zero-order chi connectivity index (χ0) is 23.7. The molecule has 0 unspecified atom stereocenters.